The van der Waals surface area contributed by atoms with Crippen molar-refractivity contribution in [3.8, 4) is 11.1 Å². The van der Waals surface area contributed by atoms with Gasteiger partial charge in [-0.3, -0.25) is 0 Å². The Labute approximate surface area is 113 Å². The monoisotopic (exact) mass is 255 g/mol. The Kier molecular flexibility index (Phi) is 6.80. The second kappa shape index (κ2) is 8.75. The van der Waals surface area contributed by atoms with Gasteiger partial charge in [0.15, 0.2) is 0 Å². The minimum absolute atomic E-state index is 0.319. The highest BCUT2D eigenvalue weighted by molar-refractivity contribution is 5.75. The van der Waals surface area contributed by atoms with Gasteiger partial charge in [-0.15, -0.1) is 0 Å². The molecular weight excluding hydrogens is 238 g/mol. The molecule has 98 valence electrons. The molecule has 0 saturated heterocycles. The quantitative estimate of drug-likeness (QED) is 0.482. The van der Waals surface area contributed by atoms with Gasteiger partial charge in [0.1, 0.15) is 0 Å². The van der Waals surface area contributed by atoms with E-state index in [0.29, 0.717) is 12.3 Å². The number of rotatable bonds is 3. The van der Waals surface area contributed by atoms with E-state index >= 15 is 0 Å². The normalized spacial score (nSPS) is 8.95. The summed E-state index contributed by atoms with van der Waals surface area (Å²) in [6.45, 7) is 2.25. The van der Waals surface area contributed by atoms with Gasteiger partial charge in [0.25, 0.3) is 0 Å². The lowest BCUT2D eigenvalue weighted by Gasteiger charge is -2.03. The molecule has 0 spiro atoms. The maximum atomic E-state index is 8.45. The van der Waals surface area contributed by atoms with Crippen molar-refractivity contribution in [2.75, 3.05) is 6.61 Å². The molecule has 0 bridgehead atoms. The zero-order chi connectivity index (χ0) is 13.9. The predicted octanol–water partition coefficient (Wildman–Crippen LogP) is 4.68. The van der Waals surface area contributed by atoms with E-state index in [2.05, 4.69) is 10.0 Å². The second-order valence-electron chi connectivity index (χ2n) is 3.80. The van der Waals surface area contributed by atoms with Crippen LogP contribution in [0.5, 0.6) is 0 Å². The molecule has 19 heavy (non-hydrogen) atoms. The molecule has 4 nitrogen and oxygen atoms in total. The summed E-state index contributed by atoms with van der Waals surface area (Å²) in [6.07, 6.45) is 0.875. The number of hydrogen-bond donors (Lipinski definition) is 1. The van der Waals surface area contributed by atoms with Gasteiger partial charge < -0.3 is 5.11 Å². The highest BCUT2D eigenvalue weighted by Gasteiger charge is 2.00. The number of aliphatic hydroxyl groups is 1. The molecule has 0 radical (unpaired) electrons. The minimum atomic E-state index is 0.319. The third-order valence-electron chi connectivity index (χ3n) is 2.36. The van der Waals surface area contributed by atoms with Gasteiger partial charge in [-0.2, -0.15) is 0 Å². The lowest BCUT2D eigenvalue weighted by Crippen LogP contribution is -1.76. The molecule has 0 aliphatic rings. The second-order valence-corrected chi connectivity index (χ2v) is 3.80. The molecule has 0 amide bonds. The molecule has 0 aliphatic carbocycles. The number of azide groups is 1. The van der Waals surface area contributed by atoms with E-state index in [1.165, 1.54) is 0 Å². The van der Waals surface area contributed by atoms with Crippen LogP contribution in [0.3, 0.4) is 0 Å². The Morgan fingerprint density at radius 1 is 1.05 bits per heavy atom. The van der Waals surface area contributed by atoms with Crippen molar-refractivity contribution in [1.82, 2.24) is 0 Å². The van der Waals surface area contributed by atoms with Crippen LogP contribution < -0.4 is 0 Å². The lowest BCUT2D eigenvalue weighted by molar-refractivity contribution is 0.295. The Bertz CT molecular complexity index is 532. The molecule has 2 rings (SSSR count). The standard InChI is InChI=1S/C12H9N3.C3H8O/c13-15-14-12-9-5-4-8-11(12)10-6-2-1-3-7-10;1-2-3-4/h1-9H;4H,2-3H2,1H3. The maximum Gasteiger partial charge on any atom is 0.0453 e. The zero-order valence-electron chi connectivity index (χ0n) is 10.9. The van der Waals surface area contributed by atoms with Gasteiger partial charge in [0.05, 0.1) is 0 Å². The zero-order valence-corrected chi connectivity index (χ0v) is 10.9. The summed E-state index contributed by atoms with van der Waals surface area (Å²) >= 11 is 0. The summed E-state index contributed by atoms with van der Waals surface area (Å²) in [5, 5.41) is 11.5. The number of aliphatic hydroxyl groups excluding tert-OH is 1. The van der Waals surface area contributed by atoms with Crippen LogP contribution in [0, 0.1) is 0 Å². The van der Waals surface area contributed by atoms with Crippen LogP contribution >= 0.6 is 0 Å². The lowest BCUT2D eigenvalue weighted by atomic mass is 10.0. The van der Waals surface area contributed by atoms with Crippen molar-refractivity contribution >= 4 is 5.69 Å². The van der Waals surface area contributed by atoms with Gasteiger partial charge in [0.2, 0.25) is 0 Å². The van der Waals surface area contributed by atoms with Gasteiger partial charge in [-0.05, 0) is 23.1 Å². The van der Waals surface area contributed by atoms with Gasteiger partial charge in [0, 0.05) is 17.2 Å². The van der Waals surface area contributed by atoms with Gasteiger partial charge in [-0.1, -0.05) is 66.6 Å². The number of hydrogen-bond acceptors (Lipinski definition) is 2. The van der Waals surface area contributed by atoms with E-state index in [4.69, 9.17) is 10.6 Å². The average Bonchev–Trinajstić information content (AvgIpc) is 2.49. The largest absolute Gasteiger partial charge is 0.396 e. The van der Waals surface area contributed by atoms with Crippen LogP contribution in [-0.2, 0) is 0 Å². The summed E-state index contributed by atoms with van der Waals surface area (Å²) in [5.74, 6) is 0. The van der Waals surface area contributed by atoms with Crippen LogP contribution in [-0.4, -0.2) is 11.7 Å². The van der Waals surface area contributed by atoms with E-state index in [0.717, 1.165) is 17.5 Å². The van der Waals surface area contributed by atoms with Crippen molar-refractivity contribution < 1.29 is 5.11 Å². The van der Waals surface area contributed by atoms with Crippen molar-refractivity contribution in [1.29, 1.82) is 0 Å². The molecule has 0 atom stereocenters. The Balaban J connectivity index is 0.000000399. The molecule has 2 aromatic carbocycles. The molecule has 0 saturated carbocycles. The Morgan fingerprint density at radius 3 is 2.21 bits per heavy atom. The summed E-state index contributed by atoms with van der Waals surface area (Å²) in [4.78, 5) is 2.82. The Morgan fingerprint density at radius 2 is 1.63 bits per heavy atom. The predicted molar refractivity (Wildman–Crippen MR) is 78.1 cm³/mol. The van der Waals surface area contributed by atoms with Crippen LogP contribution in [0.15, 0.2) is 59.7 Å². The third kappa shape index (κ3) is 4.84. The van der Waals surface area contributed by atoms with Crippen LogP contribution in [0.25, 0.3) is 21.6 Å². The highest BCUT2D eigenvalue weighted by atomic mass is 16.2. The van der Waals surface area contributed by atoms with Gasteiger partial charge in [-0.25, -0.2) is 0 Å². The van der Waals surface area contributed by atoms with Crippen molar-refractivity contribution in [3.63, 3.8) is 0 Å². The maximum absolute atomic E-state index is 8.45. The summed E-state index contributed by atoms with van der Waals surface area (Å²) in [5.41, 5.74) is 11.1. The van der Waals surface area contributed by atoms with Gasteiger partial charge >= 0.3 is 0 Å². The SMILES string of the molecule is CCCO.[N-]=[N+]=Nc1ccccc1-c1ccccc1. The highest BCUT2D eigenvalue weighted by Crippen LogP contribution is 2.29. The first kappa shape index (κ1) is 14.8. The Hall–Kier alpha value is -2.29. The minimum Gasteiger partial charge on any atom is -0.396 e. The number of nitrogens with zero attached hydrogens (tertiary/aromatic N) is 3. The number of benzene rings is 2. The molecule has 0 unspecified atom stereocenters. The van der Waals surface area contributed by atoms with E-state index in [1.54, 1.807) is 0 Å². The van der Waals surface area contributed by atoms with Crippen LogP contribution in [0.4, 0.5) is 5.69 Å². The summed E-state index contributed by atoms with van der Waals surface area (Å²) < 4.78 is 0. The average molecular weight is 255 g/mol. The first-order chi connectivity index (χ1) is 9.33. The summed E-state index contributed by atoms with van der Waals surface area (Å²) in [7, 11) is 0. The molecule has 0 heterocycles. The molecule has 2 aromatic rings. The van der Waals surface area contributed by atoms with Crippen LogP contribution in [0.1, 0.15) is 13.3 Å². The van der Waals surface area contributed by atoms with Crippen molar-refractivity contribution in [3.05, 3.63) is 65.0 Å². The van der Waals surface area contributed by atoms with E-state index in [-0.39, 0.29) is 0 Å². The first-order valence-corrected chi connectivity index (χ1v) is 6.13. The van der Waals surface area contributed by atoms with Crippen molar-refractivity contribution in [2.45, 2.75) is 13.3 Å². The molecule has 0 aromatic heterocycles. The molecular formula is C15H17N3O. The smallest absolute Gasteiger partial charge is 0.0453 e. The van der Waals surface area contributed by atoms with Crippen LogP contribution in [0.2, 0.25) is 0 Å². The first-order valence-electron chi connectivity index (χ1n) is 6.13. The molecule has 4 heteroatoms. The third-order valence-corrected chi connectivity index (χ3v) is 2.36. The fourth-order valence-electron chi connectivity index (χ4n) is 1.47. The fourth-order valence-corrected chi connectivity index (χ4v) is 1.47. The molecule has 0 fully saturated rings. The molecule has 0 aliphatic heterocycles. The van der Waals surface area contributed by atoms with E-state index in [9.17, 15) is 0 Å². The van der Waals surface area contributed by atoms with Crippen molar-refractivity contribution in [2.24, 2.45) is 5.11 Å². The molecule has 1 N–H and O–H groups in total. The fraction of sp³-hybridized carbons (Fsp3) is 0.200. The topological polar surface area (TPSA) is 69.0 Å². The van der Waals surface area contributed by atoms with E-state index in [1.807, 2.05) is 61.5 Å². The van der Waals surface area contributed by atoms with E-state index < -0.39 is 0 Å². The summed E-state index contributed by atoms with van der Waals surface area (Å²) in [6, 6.07) is 17.4.